The van der Waals surface area contributed by atoms with Crippen LogP contribution in [0.15, 0.2) is 24.3 Å². The summed E-state index contributed by atoms with van der Waals surface area (Å²) in [7, 11) is 0. The second kappa shape index (κ2) is 4.48. The number of carboxylic acid groups (broad SMARTS) is 1. The van der Waals surface area contributed by atoms with Gasteiger partial charge in [-0.1, -0.05) is 12.1 Å². The summed E-state index contributed by atoms with van der Waals surface area (Å²) >= 11 is 0. The Labute approximate surface area is 95.5 Å². The van der Waals surface area contributed by atoms with E-state index in [0.29, 0.717) is 11.0 Å². The fourth-order valence-electron chi connectivity index (χ4n) is 1.70. The Bertz CT molecular complexity index is 551. The van der Waals surface area contributed by atoms with Crippen LogP contribution in [0.3, 0.4) is 0 Å². The van der Waals surface area contributed by atoms with Crippen molar-refractivity contribution < 1.29 is 18.7 Å². The second-order valence-corrected chi connectivity index (χ2v) is 3.55. The van der Waals surface area contributed by atoms with Crippen LogP contribution in [0.2, 0.25) is 0 Å². The maximum Gasteiger partial charge on any atom is 0.305 e. The number of alkyl halides is 2. The third-order valence-corrected chi connectivity index (χ3v) is 2.43. The smallest absolute Gasteiger partial charge is 0.305 e. The van der Waals surface area contributed by atoms with Crippen molar-refractivity contribution in [2.24, 2.45) is 0 Å². The van der Waals surface area contributed by atoms with E-state index < -0.39 is 12.4 Å². The number of para-hydroxylation sites is 2. The van der Waals surface area contributed by atoms with E-state index in [1.54, 1.807) is 24.3 Å². The molecule has 0 amide bonds. The maximum absolute atomic E-state index is 12.8. The van der Waals surface area contributed by atoms with E-state index in [0.717, 1.165) is 0 Å². The lowest BCUT2D eigenvalue weighted by Gasteiger charge is -2.06. The molecule has 0 aliphatic heterocycles. The number of hydrogen-bond acceptors (Lipinski definition) is 2. The highest BCUT2D eigenvalue weighted by molar-refractivity contribution is 5.76. The van der Waals surface area contributed by atoms with Crippen LogP contribution in [0, 0.1) is 0 Å². The Morgan fingerprint density at radius 3 is 2.76 bits per heavy atom. The SMILES string of the molecule is O=C(O)CCn1c(C(F)F)nc2ccccc21. The van der Waals surface area contributed by atoms with Crippen molar-refractivity contribution >= 4 is 17.0 Å². The van der Waals surface area contributed by atoms with Crippen LogP contribution in [0.25, 0.3) is 11.0 Å². The third-order valence-electron chi connectivity index (χ3n) is 2.43. The maximum atomic E-state index is 12.8. The minimum atomic E-state index is -2.71. The third kappa shape index (κ3) is 2.25. The van der Waals surface area contributed by atoms with Gasteiger partial charge in [-0.05, 0) is 12.1 Å². The molecule has 2 aromatic rings. The van der Waals surface area contributed by atoms with E-state index in [4.69, 9.17) is 5.11 Å². The van der Waals surface area contributed by atoms with Gasteiger partial charge in [0.2, 0.25) is 0 Å². The molecular weight excluding hydrogens is 230 g/mol. The van der Waals surface area contributed by atoms with E-state index in [2.05, 4.69) is 4.98 Å². The molecule has 0 saturated heterocycles. The van der Waals surface area contributed by atoms with Gasteiger partial charge in [0, 0.05) is 6.54 Å². The van der Waals surface area contributed by atoms with Crippen LogP contribution in [0.4, 0.5) is 8.78 Å². The molecule has 1 aromatic heterocycles. The number of rotatable bonds is 4. The van der Waals surface area contributed by atoms with E-state index >= 15 is 0 Å². The molecule has 0 fully saturated rings. The van der Waals surface area contributed by atoms with Gasteiger partial charge >= 0.3 is 5.97 Å². The number of benzene rings is 1. The van der Waals surface area contributed by atoms with Crippen molar-refractivity contribution in [2.75, 3.05) is 0 Å². The minimum absolute atomic E-state index is 0.00444. The fraction of sp³-hybridized carbons (Fsp3) is 0.273. The molecule has 1 N–H and O–H groups in total. The van der Waals surface area contributed by atoms with Gasteiger partial charge in [0.1, 0.15) is 0 Å². The van der Waals surface area contributed by atoms with Crippen molar-refractivity contribution in [3.8, 4) is 0 Å². The van der Waals surface area contributed by atoms with Gasteiger partial charge in [0.25, 0.3) is 6.43 Å². The van der Waals surface area contributed by atoms with Crippen molar-refractivity contribution in [3.05, 3.63) is 30.1 Å². The average Bonchev–Trinajstić information content (AvgIpc) is 2.65. The van der Waals surface area contributed by atoms with Gasteiger partial charge in [0.15, 0.2) is 5.82 Å². The summed E-state index contributed by atoms with van der Waals surface area (Å²) in [6.07, 6.45) is -2.92. The van der Waals surface area contributed by atoms with Crippen molar-refractivity contribution in [3.63, 3.8) is 0 Å². The number of nitrogens with zero attached hydrogens (tertiary/aromatic N) is 2. The van der Waals surface area contributed by atoms with Gasteiger partial charge in [-0.25, -0.2) is 13.8 Å². The van der Waals surface area contributed by atoms with Gasteiger partial charge in [-0.15, -0.1) is 0 Å². The Hall–Kier alpha value is -1.98. The predicted octanol–water partition coefficient (Wildman–Crippen LogP) is 2.45. The molecule has 17 heavy (non-hydrogen) atoms. The molecular formula is C11H10F2N2O2. The van der Waals surface area contributed by atoms with Crippen LogP contribution in [-0.2, 0) is 11.3 Å². The molecule has 2 rings (SSSR count). The highest BCUT2D eigenvalue weighted by Gasteiger charge is 2.18. The normalized spacial score (nSPS) is 11.2. The summed E-state index contributed by atoms with van der Waals surface area (Å²) in [5.74, 6) is -1.41. The molecule has 4 nitrogen and oxygen atoms in total. The zero-order valence-electron chi connectivity index (χ0n) is 8.81. The first-order chi connectivity index (χ1) is 8.09. The van der Waals surface area contributed by atoms with Gasteiger partial charge in [0.05, 0.1) is 17.5 Å². The number of imidazole rings is 1. The van der Waals surface area contributed by atoms with Crippen LogP contribution in [0.5, 0.6) is 0 Å². The highest BCUT2D eigenvalue weighted by Crippen LogP contribution is 2.24. The average molecular weight is 240 g/mol. The molecule has 90 valence electrons. The largest absolute Gasteiger partial charge is 0.481 e. The summed E-state index contributed by atoms with van der Waals surface area (Å²) in [6.45, 7) is -0.00444. The standard InChI is InChI=1S/C11H10F2N2O2/c12-10(13)11-14-7-3-1-2-4-8(7)15(11)6-5-9(16)17/h1-4,10H,5-6H2,(H,16,17). The fourth-order valence-corrected chi connectivity index (χ4v) is 1.70. The highest BCUT2D eigenvalue weighted by atomic mass is 19.3. The van der Waals surface area contributed by atoms with E-state index in [9.17, 15) is 13.6 Å². The van der Waals surface area contributed by atoms with E-state index in [1.807, 2.05) is 0 Å². The number of fused-ring (bicyclic) bond motifs is 1. The minimum Gasteiger partial charge on any atom is -0.481 e. The second-order valence-electron chi connectivity index (χ2n) is 3.55. The predicted molar refractivity (Wildman–Crippen MR) is 56.9 cm³/mol. The van der Waals surface area contributed by atoms with Gasteiger partial charge in [-0.2, -0.15) is 0 Å². The molecule has 0 atom stereocenters. The van der Waals surface area contributed by atoms with E-state index in [-0.39, 0.29) is 18.8 Å². The molecule has 1 heterocycles. The first-order valence-corrected chi connectivity index (χ1v) is 5.04. The Morgan fingerprint density at radius 1 is 1.41 bits per heavy atom. The van der Waals surface area contributed by atoms with Crippen LogP contribution in [-0.4, -0.2) is 20.6 Å². The number of aliphatic carboxylic acids is 1. The summed E-state index contributed by atoms with van der Waals surface area (Å²) < 4.78 is 26.8. The lowest BCUT2D eigenvalue weighted by Crippen LogP contribution is -2.08. The number of aromatic nitrogens is 2. The van der Waals surface area contributed by atoms with Crippen LogP contribution in [0.1, 0.15) is 18.7 Å². The topological polar surface area (TPSA) is 55.1 Å². The lowest BCUT2D eigenvalue weighted by atomic mass is 10.3. The lowest BCUT2D eigenvalue weighted by molar-refractivity contribution is -0.137. The number of carboxylic acids is 1. The monoisotopic (exact) mass is 240 g/mol. The zero-order chi connectivity index (χ0) is 12.4. The van der Waals surface area contributed by atoms with Crippen LogP contribution >= 0.6 is 0 Å². The van der Waals surface area contributed by atoms with Crippen LogP contribution < -0.4 is 0 Å². The number of carbonyl (C=O) groups is 1. The first-order valence-electron chi connectivity index (χ1n) is 5.04. The molecule has 1 aromatic carbocycles. The molecule has 0 spiro atoms. The summed E-state index contributed by atoms with van der Waals surface area (Å²) in [4.78, 5) is 14.3. The number of halogens is 2. The number of aryl methyl sites for hydroxylation is 1. The molecule has 0 radical (unpaired) electrons. The van der Waals surface area contributed by atoms with E-state index in [1.165, 1.54) is 4.57 Å². The summed E-state index contributed by atoms with van der Waals surface area (Å²) in [5.41, 5.74) is 0.984. The Balaban J connectivity index is 2.48. The van der Waals surface area contributed by atoms with Gasteiger partial charge < -0.3 is 9.67 Å². The van der Waals surface area contributed by atoms with Crippen molar-refractivity contribution in [1.82, 2.24) is 9.55 Å². The van der Waals surface area contributed by atoms with Crippen molar-refractivity contribution in [1.29, 1.82) is 0 Å². The number of hydrogen-bond donors (Lipinski definition) is 1. The zero-order valence-corrected chi connectivity index (χ0v) is 8.81. The molecule has 0 aliphatic rings. The summed E-state index contributed by atoms with van der Waals surface area (Å²) in [5, 5.41) is 8.59. The van der Waals surface area contributed by atoms with Crippen molar-refractivity contribution in [2.45, 2.75) is 19.4 Å². The quantitative estimate of drug-likeness (QED) is 0.893. The Kier molecular flexibility index (Phi) is 3.03. The molecule has 0 bridgehead atoms. The van der Waals surface area contributed by atoms with Gasteiger partial charge in [-0.3, -0.25) is 4.79 Å². The summed E-state index contributed by atoms with van der Waals surface area (Å²) in [6, 6.07) is 6.68. The molecule has 0 saturated carbocycles. The first kappa shape index (κ1) is 11.5. The molecule has 6 heteroatoms. The molecule has 0 unspecified atom stereocenters. The molecule has 0 aliphatic carbocycles. The Morgan fingerprint density at radius 2 is 2.12 bits per heavy atom.